The number of nitrogens with zero attached hydrogens (tertiary/aromatic N) is 2. The van der Waals surface area contributed by atoms with Crippen molar-refractivity contribution in [2.24, 2.45) is 0 Å². The zero-order valence-electron chi connectivity index (χ0n) is 14.5. The molecular formula is C22H20N2O2. The van der Waals surface area contributed by atoms with Gasteiger partial charge in [-0.05, 0) is 35.0 Å². The van der Waals surface area contributed by atoms with Crippen molar-refractivity contribution < 1.29 is 9.59 Å². The van der Waals surface area contributed by atoms with Gasteiger partial charge in [0.1, 0.15) is 0 Å². The van der Waals surface area contributed by atoms with E-state index in [0.29, 0.717) is 37.3 Å². The van der Waals surface area contributed by atoms with E-state index in [0.717, 1.165) is 10.8 Å². The van der Waals surface area contributed by atoms with Crippen LogP contribution in [0.1, 0.15) is 20.7 Å². The molecule has 130 valence electrons. The van der Waals surface area contributed by atoms with Crippen molar-refractivity contribution in [3.05, 3.63) is 83.9 Å². The first-order valence-electron chi connectivity index (χ1n) is 8.85. The van der Waals surface area contributed by atoms with E-state index in [9.17, 15) is 9.59 Å². The summed E-state index contributed by atoms with van der Waals surface area (Å²) in [6.07, 6.45) is 0. The number of rotatable bonds is 2. The number of piperazine rings is 1. The molecule has 0 bridgehead atoms. The maximum Gasteiger partial charge on any atom is 0.253 e. The van der Waals surface area contributed by atoms with Gasteiger partial charge in [-0.1, -0.05) is 48.5 Å². The van der Waals surface area contributed by atoms with E-state index in [1.165, 1.54) is 0 Å². The van der Waals surface area contributed by atoms with Crippen molar-refractivity contribution in [3.8, 4) is 0 Å². The summed E-state index contributed by atoms with van der Waals surface area (Å²) in [5.74, 6) is 0.0611. The lowest BCUT2D eigenvalue weighted by atomic mass is 10.1. The van der Waals surface area contributed by atoms with Crippen LogP contribution in [-0.4, -0.2) is 47.8 Å². The smallest absolute Gasteiger partial charge is 0.253 e. The van der Waals surface area contributed by atoms with E-state index in [1.54, 1.807) is 0 Å². The molecule has 1 saturated heterocycles. The molecule has 26 heavy (non-hydrogen) atoms. The molecule has 0 aromatic heterocycles. The van der Waals surface area contributed by atoms with Crippen LogP contribution in [0, 0.1) is 0 Å². The molecule has 0 radical (unpaired) electrons. The summed E-state index contributed by atoms with van der Waals surface area (Å²) in [5.41, 5.74) is 1.40. The fourth-order valence-electron chi connectivity index (χ4n) is 3.38. The minimum Gasteiger partial charge on any atom is -0.335 e. The molecule has 0 spiro atoms. The van der Waals surface area contributed by atoms with E-state index < -0.39 is 0 Å². The first-order valence-corrected chi connectivity index (χ1v) is 8.85. The third-order valence-electron chi connectivity index (χ3n) is 4.87. The number of hydrogen-bond acceptors (Lipinski definition) is 2. The van der Waals surface area contributed by atoms with Gasteiger partial charge in [-0.3, -0.25) is 9.59 Å². The Balaban J connectivity index is 1.43. The summed E-state index contributed by atoms with van der Waals surface area (Å²) in [6, 6.07) is 23.1. The number of carbonyl (C=O) groups is 2. The van der Waals surface area contributed by atoms with E-state index >= 15 is 0 Å². The minimum absolute atomic E-state index is 0.0302. The Bertz CT molecular complexity index is 945. The molecule has 1 fully saturated rings. The molecule has 1 aliphatic rings. The highest BCUT2D eigenvalue weighted by atomic mass is 16.2. The molecular weight excluding hydrogens is 324 g/mol. The number of benzene rings is 3. The standard InChI is InChI=1S/C22H20N2O2/c25-21(18-7-2-1-3-8-18)23-12-14-24(15-13-23)22(26)20-11-10-17-6-4-5-9-19(17)16-20/h1-11,16H,12-15H2. The molecule has 1 aliphatic heterocycles. The lowest BCUT2D eigenvalue weighted by molar-refractivity contribution is 0.0535. The molecule has 3 aromatic carbocycles. The highest BCUT2D eigenvalue weighted by Gasteiger charge is 2.25. The average Bonchev–Trinajstić information content (AvgIpc) is 2.73. The summed E-state index contributed by atoms with van der Waals surface area (Å²) in [6.45, 7) is 2.24. The van der Waals surface area contributed by atoms with Crippen LogP contribution in [0.3, 0.4) is 0 Å². The van der Waals surface area contributed by atoms with Gasteiger partial charge in [-0.15, -0.1) is 0 Å². The number of amides is 2. The van der Waals surface area contributed by atoms with Gasteiger partial charge in [-0.25, -0.2) is 0 Å². The predicted molar refractivity (Wildman–Crippen MR) is 102 cm³/mol. The van der Waals surface area contributed by atoms with E-state index in [2.05, 4.69) is 0 Å². The van der Waals surface area contributed by atoms with Gasteiger partial charge >= 0.3 is 0 Å². The SMILES string of the molecule is O=C(c1ccccc1)N1CCN(C(=O)c2ccc3ccccc3c2)CC1. The molecule has 0 unspecified atom stereocenters. The molecule has 4 rings (SSSR count). The molecule has 0 atom stereocenters. The van der Waals surface area contributed by atoms with Gasteiger partial charge in [0.15, 0.2) is 0 Å². The van der Waals surface area contributed by atoms with E-state index in [-0.39, 0.29) is 11.8 Å². The van der Waals surface area contributed by atoms with Crippen LogP contribution in [0.5, 0.6) is 0 Å². The quantitative estimate of drug-likeness (QED) is 0.714. The van der Waals surface area contributed by atoms with Gasteiger partial charge in [0.2, 0.25) is 0 Å². The Kier molecular flexibility index (Phi) is 4.40. The van der Waals surface area contributed by atoms with Crippen molar-refractivity contribution in [1.82, 2.24) is 9.80 Å². The van der Waals surface area contributed by atoms with E-state index in [1.807, 2.05) is 82.6 Å². The van der Waals surface area contributed by atoms with Gasteiger partial charge < -0.3 is 9.80 Å². The first kappa shape index (κ1) is 16.3. The summed E-state index contributed by atoms with van der Waals surface area (Å²) in [5, 5.41) is 2.19. The Labute approximate surface area is 152 Å². The molecule has 3 aromatic rings. The third kappa shape index (κ3) is 3.18. The van der Waals surface area contributed by atoms with Crippen molar-refractivity contribution in [3.63, 3.8) is 0 Å². The summed E-state index contributed by atoms with van der Waals surface area (Å²) < 4.78 is 0. The molecule has 0 aliphatic carbocycles. The summed E-state index contributed by atoms with van der Waals surface area (Å²) in [4.78, 5) is 29.0. The average molecular weight is 344 g/mol. The van der Waals surface area contributed by atoms with Crippen LogP contribution in [0.15, 0.2) is 72.8 Å². The zero-order valence-corrected chi connectivity index (χ0v) is 14.5. The second kappa shape index (κ2) is 7.00. The van der Waals surface area contributed by atoms with Crippen LogP contribution < -0.4 is 0 Å². The first-order chi connectivity index (χ1) is 12.7. The number of fused-ring (bicyclic) bond motifs is 1. The lowest BCUT2D eigenvalue weighted by Crippen LogP contribution is -2.50. The Morgan fingerprint density at radius 3 is 1.77 bits per heavy atom. The predicted octanol–water partition coefficient (Wildman–Crippen LogP) is 3.44. The molecule has 4 heteroatoms. The highest BCUT2D eigenvalue weighted by Crippen LogP contribution is 2.18. The third-order valence-corrected chi connectivity index (χ3v) is 4.87. The molecule has 1 heterocycles. The molecule has 4 nitrogen and oxygen atoms in total. The highest BCUT2D eigenvalue weighted by molar-refractivity contribution is 5.99. The van der Waals surface area contributed by atoms with Crippen LogP contribution >= 0.6 is 0 Å². The summed E-state index contributed by atoms with van der Waals surface area (Å²) in [7, 11) is 0. The molecule has 2 amide bonds. The van der Waals surface area contributed by atoms with Gasteiger partial charge in [0.05, 0.1) is 0 Å². The maximum absolute atomic E-state index is 12.8. The fraction of sp³-hybridized carbons (Fsp3) is 0.182. The number of hydrogen-bond donors (Lipinski definition) is 0. The Morgan fingerprint density at radius 2 is 1.12 bits per heavy atom. The van der Waals surface area contributed by atoms with Crippen molar-refractivity contribution in [2.75, 3.05) is 26.2 Å². The largest absolute Gasteiger partial charge is 0.335 e. The van der Waals surface area contributed by atoms with Crippen molar-refractivity contribution in [2.45, 2.75) is 0 Å². The van der Waals surface area contributed by atoms with E-state index in [4.69, 9.17) is 0 Å². The maximum atomic E-state index is 12.8. The van der Waals surface area contributed by atoms with Crippen LogP contribution in [0.4, 0.5) is 0 Å². The molecule has 0 N–H and O–H groups in total. The fourth-order valence-corrected chi connectivity index (χ4v) is 3.38. The lowest BCUT2D eigenvalue weighted by Gasteiger charge is -2.35. The Morgan fingerprint density at radius 1 is 0.577 bits per heavy atom. The van der Waals surface area contributed by atoms with Gasteiger partial charge in [-0.2, -0.15) is 0 Å². The second-order valence-corrected chi connectivity index (χ2v) is 6.51. The second-order valence-electron chi connectivity index (χ2n) is 6.51. The van der Waals surface area contributed by atoms with Crippen LogP contribution in [0.2, 0.25) is 0 Å². The van der Waals surface area contributed by atoms with Gasteiger partial charge in [0.25, 0.3) is 11.8 Å². The topological polar surface area (TPSA) is 40.6 Å². The Hall–Kier alpha value is -3.14. The normalized spacial score (nSPS) is 14.5. The van der Waals surface area contributed by atoms with Crippen LogP contribution in [0.25, 0.3) is 10.8 Å². The van der Waals surface area contributed by atoms with Crippen LogP contribution in [-0.2, 0) is 0 Å². The van der Waals surface area contributed by atoms with Crippen molar-refractivity contribution in [1.29, 1.82) is 0 Å². The van der Waals surface area contributed by atoms with Crippen molar-refractivity contribution >= 4 is 22.6 Å². The summed E-state index contributed by atoms with van der Waals surface area (Å²) >= 11 is 0. The van der Waals surface area contributed by atoms with Gasteiger partial charge in [0, 0.05) is 37.3 Å². The molecule has 0 saturated carbocycles. The monoisotopic (exact) mass is 344 g/mol. The minimum atomic E-state index is 0.0302. The zero-order chi connectivity index (χ0) is 17.9. The number of carbonyl (C=O) groups excluding carboxylic acids is 2.